The Labute approximate surface area is 151 Å². The van der Waals surface area contributed by atoms with E-state index >= 15 is 0 Å². The number of nitrogens with zero attached hydrogens (tertiary/aromatic N) is 2. The van der Waals surface area contributed by atoms with Gasteiger partial charge in [-0.25, -0.2) is 0 Å². The fraction of sp³-hybridized carbons (Fsp3) is 0.529. The standard InChI is InChI=1S/C17H24N2O3S2/c1-17(2,3)13-7-5-6-8-14(13)21-9-12(20)10-24-16-19-18-15(22-16)11-23-4/h5-8,12,20H,9-11H2,1-4H3. The van der Waals surface area contributed by atoms with Crippen molar-refractivity contribution in [3.8, 4) is 5.75 Å². The van der Waals surface area contributed by atoms with Gasteiger partial charge in [0.2, 0.25) is 5.89 Å². The zero-order valence-electron chi connectivity index (χ0n) is 14.5. The maximum Gasteiger partial charge on any atom is 0.276 e. The molecule has 0 amide bonds. The molecule has 132 valence electrons. The molecular weight excluding hydrogens is 344 g/mol. The molecule has 1 heterocycles. The van der Waals surface area contributed by atoms with Crippen LogP contribution in [0.4, 0.5) is 0 Å². The Kier molecular flexibility index (Phi) is 7.01. The summed E-state index contributed by atoms with van der Waals surface area (Å²) in [4.78, 5) is 0. The van der Waals surface area contributed by atoms with Crippen LogP contribution in [0.1, 0.15) is 32.2 Å². The minimum atomic E-state index is -0.612. The van der Waals surface area contributed by atoms with E-state index in [1.807, 2.05) is 24.5 Å². The van der Waals surface area contributed by atoms with E-state index in [4.69, 9.17) is 9.15 Å². The summed E-state index contributed by atoms with van der Waals surface area (Å²) in [7, 11) is 0. The van der Waals surface area contributed by atoms with Crippen molar-refractivity contribution in [2.45, 2.75) is 43.3 Å². The molecule has 2 rings (SSSR count). The summed E-state index contributed by atoms with van der Waals surface area (Å²) in [6.45, 7) is 6.65. The molecule has 0 bridgehead atoms. The molecule has 1 aromatic heterocycles. The lowest BCUT2D eigenvalue weighted by Crippen LogP contribution is -2.22. The molecule has 1 unspecified atom stereocenters. The monoisotopic (exact) mass is 368 g/mol. The minimum Gasteiger partial charge on any atom is -0.491 e. The van der Waals surface area contributed by atoms with Gasteiger partial charge < -0.3 is 14.3 Å². The maximum atomic E-state index is 10.1. The van der Waals surface area contributed by atoms with Crippen LogP contribution >= 0.6 is 23.5 Å². The van der Waals surface area contributed by atoms with Gasteiger partial charge in [-0.2, -0.15) is 11.8 Å². The van der Waals surface area contributed by atoms with E-state index in [0.29, 0.717) is 22.6 Å². The number of rotatable bonds is 8. The van der Waals surface area contributed by atoms with Gasteiger partial charge in [-0.05, 0) is 23.3 Å². The van der Waals surface area contributed by atoms with E-state index in [-0.39, 0.29) is 12.0 Å². The molecule has 0 aliphatic carbocycles. The second-order valence-electron chi connectivity index (χ2n) is 6.42. The molecule has 1 atom stereocenters. The lowest BCUT2D eigenvalue weighted by Gasteiger charge is -2.23. The van der Waals surface area contributed by atoms with Crippen LogP contribution in [0, 0.1) is 0 Å². The Bertz CT molecular complexity index is 641. The Morgan fingerprint density at radius 3 is 2.71 bits per heavy atom. The molecule has 1 aromatic carbocycles. The summed E-state index contributed by atoms with van der Waals surface area (Å²) in [5, 5.41) is 18.5. The second-order valence-corrected chi connectivity index (χ2v) is 8.25. The molecule has 0 radical (unpaired) electrons. The predicted octanol–water partition coefficient (Wildman–Crippen LogP) is 3.76. The number of aliphatic hydroxyl groups excluding tert-OH is 1. The van der Waals surface area contributed by atoms with E-state index in [1.54, 1.807) is 11.8 Å². The smallest absolute Gasteiger partial charge is 0.276 e. The zero-order chi connectivity index (χ0) is 17.6. The van der Waals surface area contributed by atoms with Gasteiger partial charge in [-0.1, -0.05) is 50.7 Å². The van der Waals surface area contributed by atoms with Gasteiger partial charge in [-0.3, -0.25) is 0 Å². The van der Waals surface area contributed by atoms with Crippen LogP contribution in [0.5, 0.6) is 5.75 Å². The molecule has 24 heavy (non-hydrogen) atoms. The van der Waals surface area contributed by atoms with Crippen LogP contribution in [0.3, 0.4) is 0 Å². The summed E-state index contributed by atoms with van der Waals surface area (Å²) >= 11 is 2.97. The number of hydrogen-bond acceptors (Lipinski definition) is 7. The molecule has 0 aliphatic heterocycles. The highest BCUT2D eigenvalue weighted by atomic mass is 32.2. The Balaban J connectivity index is 1.84. The van der Waals surface area contributed by atoms with Crippen LogP contribution < -0.4 is 4.74 Å². The number of hydrogen-bond donors (Lipinski definition) is 1. The Hall–Kier alpha value is -1.18. The number of benzene rings is 1. The minimum absolute atomic E-state index is 0.00621. The maximum absolute atomic E-state index is 10.1. The lowest BCUT2D eigenvalue weighted by atomic mass is 9.86. The number of para-hydroxylation sites is 1. The van der Waals surface area contributed by atoms with E-state index in [1.165, 1.54) is 11.8 Å². The first-order valence-electron chi connectivity index (χ1n) is 7.74. The molecule has 0 spiro atoms. The van der Waals surface area contributed by atoms with Crippen molar-refractivity contribution in [3.63, 3.8) is 0 Å². The average Bonchev–Trinajstić information content (AvgIpc) is 2.98. The molecule has 0 saturated heterocycles. The van der Waals surface area contributed by atoms with Crippen molar-refractivity contribution >= 4 is 23.5 Å². The largest absolute Gasteiger partial charge is 0.491 e. The van der Waals surface area contributed by atoms with Crippen molar-refractivity contribution in [2.75, 3.05) is 18.6 Å². The zero-order valence-corrected chi connectivity index (χ0v) is 16.1. The first kappa shape index (κ1) is 19.1. The highest BCUT2D eigenvalue weighted by Gasteiger charge is 2.19. The molecule has 0 saturated carbocycles. The third-order valence-corrected chi connectivity index (χ3v) is 4.74. The lowest BCUT2D eigenvalue weighted by molar-refractivity contribution is 0.125. The SMILES string of the molecule is CSCc1nnc(SCC(O)COc2ccccc2C(C)(C)C)o1. The third-order valence-electron chi connectivity index (χ3n) is 3.24. The highest BCUT2D eigenvalue weighted by Crippen LogP contribution is 2.31. The number of ether oxygens (including phenoxy) is 1. The van der Waals surface area contributed by atoms with Crippen molar-refractivity contribution in [1.82, 2.24) is 10.2 Å². The highest BCUT2D eigenvalue weighted by molar-refractivity contribution is 7.99. The van der Waals surface area contributed by atoms with Gasteiger partial charge in [0.25, 0.3) is 5.22 Å². The third kappa shape index (κ3) is 5.72. The predicted molar refractivity (Wildman–Crippen MR) is 98.9 cm³/mol. The van der Waals surface area contributed by atoms with Gasteiger partial charge in [-0.15, -0.1) is 10.2 Å². The molecule has 0 fully saturated rings. The molecular formula is C17H24N2O3S2. The molecule has 5 nitrogen and oxygen atoms in total. The van der Waals surface area contributed by atoms with Gasteiger partial charge >= 0.3 is 0 Å². The fourth-order valence-electron chi connectivity index (χ4n) is 2.09. The average molecular weight is 369 g/mol. The van der Waals surface area contributed by atoms with Crippen LogP contribution in [0.15, 0.2) is 33.9 Å². The summed E-state index contributed by atoms with van der Waals surface area (Å²) in [5.74, 6) is 2.56. The van der Waals surface area contributed by atoms with Gasteiger partial charge in [0.1, 0.15) is 12.4 Å². The number of aliphatic hydroxyl groups is 1. The van der Waals surface area contributed by atoms with Gasteiger partial charge in [0, 0.05) is 5.75 Å². The molecule has 1 N–H and O–H groups in total. The van der Waals surface area contributed by atoms with Gasteiger partial charge in [0.15, 0.2) is 0 Å². The van der Waals surface area contributed by atoms with Crippen molar-refractivity contribution in [1.29, 1.82) is 0 Å². The van der Waals surface area contributed by atoms with E-state index in [0.717, 1.165) is 11.3 Å². The first-order valence-corrected chi connectivity index (χ1v) is 10.1. The molecule has 2 aromatic rings. The normalized spacial score (nSPS) is 13.0. The quantitative estimate of drug-likeness (QED) is 0.711. The van der Waals surface area contributed by atoms with Crippen LogP contribution in [-0.2, 0) is 11.2 Å². The van der Waals surface area contributed by atoms with Crippen LogP contribution in [0.25, 0.3) is 0 Å². The summed E-state index contributed by atoms with van der Waals surface area (Å²) in [6, 6.07) is 7.94. The van der Waals surface area contributed by atoms with Crippen molar-refractivity contribution in [2.24, 2.45) is 0 Å². The van der Waals surface area contributed by atoms with E-state index in [9.17, 15) is 5.11 Å². The van der Waals surface area contributed by atoms with Gasteiger partial charge in [0.05, 0.1) is 11.9 Å². The van der Waals surface area contributed by atoms with Crippen molar-refractivity contribution < 1.29 is 14.3 Å². The summed E-state index contributed by atoms with van der Waals surface area (Å²) < 4.78 is 11.3. The Morgan fingerprint density at radius 1 is 1.25 bits per heavy atom. The van der Waals surface area contributed by atoms with E-state index < -0.39 is 6.10 Å². The van der Waals surface area contributed by atoms with Crippen LogP contribution in [-0.4, -0.2) is 40.0 Å². The van der Waals surface area contributed by atoms with Crippen molar-refractivity contribution in [3.05, 3.63) is 35.7 Å². The summed E-state index contributed by atoms with van der Waals surface area (Å²) in [6.07, 6.45) is 1.37. The van der Waals surface area contributed by atoms with Crippen LogP contribution in [0.2, 0.25) is 0 Å². The number of aromatic nitrogens is 2. The Morgan fingerprint density at radius 2 is 2.00 bits per heavy atom. The summed E-state index contributed by atoms with van der Waals surface area (Å²) in [5.41, 5.74) is 1.12. The first-order chi connectivity index (χ1) is 11.4. The second kappa shape index (κ2) is 8.78. The topological polar surface area (TPSA) is 68.4 Å². The molecule has 7 heteroatoms. The number of thioether (sulfide) groups is 2. The van der Waals surface area contributed by atoms with E-state index in [2.05, 4.69) is 37.0 Å². The fourth-order valence-corrected chi connectivity index (χ4v) is 3.14. The molecule has 0 aliphatic rings.